The van der Waals surface area contributed by atoms with Crippen LogP contribution in [0.1, 0.15) is 30.1 Å². The highest BCUT2D eigenvalue weighted by Gasteiger charge is 2.28. The summed E-state index contributed by atoms with van der Waals surface area (Å²) in [5, 5.41) is 6.47. The number of ether oxygens (including phenoxy) is 1. The molecule has 0 bridgehead atoms. The van der Waals surface area contributed by atoms with Gasteiger partial charge < -0.3 is 15.8 Å². The van der Waals surface area contributed by atoms with Gasteiger partial charge in [0.05, 0.1) is 13.5 Å². The first kappa shape index (κ1) is 16.1. The van der Waals surface area contributed by atoms with Crippen molar-refractivity contribution in [2.45, 2.75) is 32.5 Å². The fourth-order valence-electron chi connectivity index (χ4n) is 1.61. The average Bonchev–Trinajstić information content (AvgIpc) is 2.64. The van der Waals surface area contributed by atoms with Gasteiger partial charge in [-0.05, 0) is 6.42 Å². The van der Waals surface area contributed by atoms with E-state index in [4.69, 9.17) is 5.73 Å². The number of nitrogens with one attached hydrogen (secondary N) is 1. The second-order valence-corrected chi connectivity index (χ2v) is 4.12. The van der Waals surface area contributed by atoms with Crippen molar-refractivity contribution in [3.05, 3.63) is 5.56 Å². The maximum Gasteiger partial charge on any atom is 0.390 e. The number of anilines is 2. The molecule has 0 radical (unpaired) electrons. The summed E-state index contributed by atoms with van der Waals surface area (Å²) in [4.78, 5) is 11.6. The summed E-state index contributed by atoms with van der Waals surface area (Å²) in [7, 11) is 1.17. The highest BCUT2D eigenvalue weighted by atomic mass is 19.4. The number of hydrogen-bond acceptors (Lipinski definition) is 5. The highest BCUT2D eigenvalue weighted by molar-refractivity contribution is 5.99. The molecule has 0 saturated heterocycles. The molecular weight excluding hydrogens is 277 g/mol. The number of nitrogen functional groups attached to an aromatic ring is 1. The van der Waals surface area contributed by atoms with Gasteiger partial charge in [0.2, 0.25) is 0 Å². The number of nitrogens with two attached hydrogens (primary N) is 1. The number of esters is 1. The minimum Gasteiger partial charge on any atom is -0.465 e. The molecule has 0 saturated carbocycles. The largest absolute Gasteiger partial charge is 0.465 e. The fraction of sp³-hybridized carbons (Fsp3) is 0.636. The molecule has 3 N–H and O–H groups in total. The molecule has 1 aromatic heterocycles. The molecule has 0 fully saturated rings. The molecule has 1 rings (SSSR count). The topological polar surface area (TPSA) is 82.2 Å². The third-order valence-electron chi connectivity index (χ3n) is 2.52. The Morgan fingerprint density at radius 3 is 2.65 bits per heavy atom. The molecule has 0 atom stereocenters. The summed E-state index contributed by atoms with van der Waals surface area (Å²) in [5.74, 6) is -0.653. The van der Waals surface area contributed by atoms with Crippen LogP contribution in [-0.2, 0) is 11.3 Å². The van der Waals surface area contributed by atoms with Gasteiger partial charge in [-0.2, -0.15) is 18.3 Å². The smallest absolute Gasteiger partial charge is 0.390 e. The van der Waals surface area contributed by atoms with Crippen LogP contribution in [0.2, 0.25) is 0 Å². The zero-order valence-electron chi connectivity index (χ0n) is 11.3. The van der Waals surface area contributed by atoms with Gasteiger partial charge in [0.15, 0.2) is 5.82 Å². The van der Waals surface area contributed by atoms with E-state index in [2.05, 4.69) is 15.2 Å². The second-order valence-electron chi connectivity index (χ2n) is 4.12. The van der Waals surface area contributed by atoms with Gasteiger partial charge in [0.25, 0.3) is 0 Å². The minimum absolute atomic E-state index is 0.00653. The normalized spacial score (nSPS) is 11.4. The number of aromatic nitrogens is 2. The van der Waals surface area contributed by atoms with Crippen molar-refractivity contribution < 1.29 is 22.7 Å². The molecule has 0 aliphatic heterocycles. The number of nitrogens with zero attached hydrogens (tertiary/aromatic N) is 2. The molecular formula is C11H17F3N4O2. The van der Waals surface area contributed by atoms with E-state index in [0.717, 1.165) is 0 Å². The van der Waals surface area contributed by atoms with E-state index in [-0.39, 0.29) is 17.2 Å². The second kappa shape index (κ2) is 6.49. The maximum atomic E-state index is 12.1. The predicted molar refractivity (Wildman–Crippen MR) is 67.4 cm³/mol. The van der Waals surface area contributed by atoms with Gasteiger partial charge >= 0.3 is 12.1 Å². The van der Waals surface area contributed by atoms with E-state index in [9.17, 15) is 18.0 Å². The highest BCUT2D eigenvalue weighted by Crippen LogP contribution is 2.24. The van der Waals surface area contributed by atoms with Crippen LogP contribution in [0.5, 0.6) is 0 Å². The molecule has 0 aliphatic carbocycles. The number of aryl methyl sites for hydroxylation is 1. The molecule has 0 spiro atoms. The summed E-state index contributed by atoms with van der Waals surface area (Å²) >= 11 is 0. The predicted octanol–water partition coefficient (Wildman–Crippen LogP) is 2.03. The number of alkyl halides is 3. The monoisotopic (exact) mass is 294 g/mol. The first-order valence-corrected chi connectivity index (χ1v) is 6.05. The maximum absolute atomic E-state index is 12.1. The summed E-state index contributed by atoms with van der Waals surface area (Å²) in [5.41, 5.74) is 5.72. The first-order valence-electron chi connectivity index (χ1n) is 6.05. The number of rotatable bonds is 6. The van der Waals surface area contributed by atoms with Gasteiger partial charge in [0.1, 0.15) is 11.4 Å². The van der Waals surface area contributed by atoms with Crippen LogP contribution >= 0.6 is 0 Å². The molecule has 0 unspecified atom stereocenters. The summed E-state index contributed by atoms with van der Waals surface area (Å²) < 4.78 is 42.2. The van der Waals surface area contributed by atoms with Crippen LogP contribution in [0.25, 0.3) is 0 Å². The Labute approximate surface area is 114 Å². The average molecular weight is 294 g/mol. The minimum atomic E-state index is -4.28. The van der Waals surface area contributed by atoms with E-state index in [1.165, 1.54) is 11.8 Å². The van der Waals surface area contributed by atoms with E-state index in [1.807, 2.05) is 6.92 Å². The molecule has 0 amide bonds. The Morgan fingerprint density at radius 1 is 1.50 bits per heavy atom. The SMILES string of the molecule is CCCn1nc(NCCC(F)(F)F)c(C(=O)OC)c1N. The lowest BCUT2D eigenvalue weighted by Crippen LogP contribution is -2.16. The Kier molecular flexibility index (Phi) is 5.23. The quantitative estimate of drug-likeness (QED) is 0.784. The van der Waals surface area contributed by atoms with Crippen molar-refractivity contribution in [2.75, 3.05) is 24.7 Å². The summed E-state index contributed by atoms with van der Waals surface area (Å²) in [6, 6.07) is 0. The van der Waals surface area contributed by atoms with Crippen molar-refractivity contribution in [1.82, 2.24) is 9.78 Å². The first-order chi connectivity index (χ1) is 9.30. The number of halogens is 3. The van der Waals surface area contributed by atoms with Gasteiger partial charge in [-0.25, -0.2) is 9.48 Å². The number of methoxy groups -OCH3 is 1. The van der Waals surface area contributed by atoms with Crippen LogP contribution in [0, 0.1) is 0 Å². The molecule has 9 heteroatoms. The van der Waals surface area contributed by atoms with Crippen molar-refractivity contribution in [3.63, 3.8) is 0 Å². The lowest BCUT2D eigenvalue weighted by Gasteiger charge is -2.07. The van der Waals surface area contributed by atoms with Crippen molar-refractivity contribution in [2.24, 2.45) is 0 Å². The lowest BCUT2D eigenvalue weighted by molar-refractivity contribution is -0.131. The van der Waals surface area contributed by atoms with Crippen LogP contribution in [0.3, 0.4) is 0 Å². The van der Waals surface area contributed by atoms with Crippen LogP contribution in [0.15, 0.2) is 0 Å². The standard InChI is InChI=1S/C11H17F3N4O2/c1-3-6-18-8(15)7(10(19)20-2)9(17-18)16-5-4-11(12,13)14/h3-6,15H2,1-2H3,(H,16,17). The summed E-state index contributed by atoms with van der Waals surface area (Å²) in [6.45, 7) is 1.95. The van der Waals surface area contributed by atoms with E-state index in [0.29, 0.717) is 13.0 Å². The van der Waals surface area contributed by atoms with Gasteiger partial charge in [-0.3, -0.25) is 0 Å². The van der Waals surface area contributed by atoms with Gasteiger partial charge in [-0.1, -0.05) is 6.92 Å². The molecule has 114 valence electrons. The van der Waals surface area contributed by atoms with Gasteiger partial charge in [0, 0.05) is 13.1 Å². The molecule has 1 heterocycles. The summed E-state index contributed by atoms with van der Waals surface area (Å²) in [6.07, 6.45) is -4.60. The molecule has 1 aromatic rings. The third-order valence-corrected chi connectivity index (χ3v) is 2.52. The third kappa shape index (κ3) is 4.04. The Hall–Kier alpha value is -1.93. The van der Waals surface area contributed by atoms with Gasteiger partial charge in [-0.15, -0.1) is 0 Å². The van der Waals surface area contributed by atoms with E-state index < -0.39 is 25.1 Å². The van der Waals surface area contributed by atoms with E-state index in [1.54, 1.807) is 0 Å². The Bertz CT molecular complexity index is 471. The van der Waals surface area contributed by atoms with Crippen LogP contribution < -0.4 is 11.1 Å². The van der Waals surface area contributed by atoms with Crippen LogP contribution in [-0.4, -0.2) is 35.6 Å². The van der Waals surface area contributed by atoms with Crippen molar-refractivity contribution in [3.8, 4) is 0 Å². The molecule has 6 nitrogen and oxygen atoms in total. The molecule has 0 aromatic carbocycles. The lowest BCUT2D eigenvalue weighted by atomic mass is 10.3. The van der Waals surface area contributed by atoms with Crippen molar-refractivity contribution >= 4 is 17.6 Å². The number of hydrogen-bond donors (Lipinski definition) is 2. The van der Waals surface area contributed by atoms with Crippen LogP contribution in [0.4, 0.5) is 24.8 Å². The zero-order valence-corrected chi connectivity index (χ0v) is 11.3. The zero-order chi connectivity index (χ0) is 15.3. The Morgan fingerprint density at radius 2 is 2.15 bits per heavy atom. The fourth-order valence-corrected chi connectivity index (χ4v) is 1.61. The molecule has 20 heavy (non-hydrogen) atoms. The molecule has 0 aliphatic rings. The Balaban J connectivity index is 2.92. The number of carbonyl (C=O) groups is 1. The van der Waals surface area contributed by atoms with Crippen molar-refractivity contribution in [1.29, 1.82) is 0 Å². The number of carbonyl (C=O) groups excluding carboxylic acids is 1. The van der Waals surface area contributed by atoms with E-state index >= 15 is 0 Å².